The minimum atomic E-state index is -1.09. The molecule has 0 unspecified atom stereocenters. The number of carbonyl (C=O) groups is 2. The van der Waals surface area contributed by atoms with Crippen molar-refractivity contribution in [3.63, 3.8) is 0 Å². The molecule has 1 aromatic heterocycles. The van der Waals surface area contributed by atoms with Crippen molar-refractivity contribution in [1.29, 1.82) is 0 Å². The van der Waals surface area contributed by atoms with Crippen LogP contribution >= 0.6 is 11.6 Å². The lowest BCUT2D eigenvalue weighted by Gasteiger charge is -2.10. The van der Waals surface area contributed by atoms with E-state index in [-0.39, 0.29) is 0 Å². The first-order chi connectivity index (χ1) is 10.4. The number of amides is 1. The van der Waals surface area contributed by atoms with E-state index in [9.17, 15) is 9.59 Å². The highest BCUT2D eigenvalue weighted by Crippen LogP contribution is 2.19. The van der Waals surface area contributed by atoms with Crippen LogP contribution in [0.15, 0.2) is 30.5 Å². The van der Waals surface area contributed by atoms with E-state index in [2.05, 4.69) is 10.4 Å². The summed E-state index contributed by atoms with van der Waals surface area (Å²) >= 11 is 5.98. The van der Waals surface area contributed by atoms with E-state index < -0.39 is 17.9 Å². The number of rotatable bonds is 5. The zero-order valence-electron chi connectivity index (χ0n) is 12.2. The number of hydrogen-bond donors (Lipinski definition) is 2. The van der Waals surface area contributed by atoms with E-state index in [1.807, 2.05) is 13.0 Å². The van der Waals surface area contributed by atoms with Gasteiger partial charge in [0.15, 0.2) is 0 Å². The summed E-state index contributed by atoms with van der Waals surface area (Å²) in [7, 11) is 0. The van der Waals surface area contributed by atoms with Crippen LogP contribution in [0.3, 0.4) is 0 Å². The van der Waals surface area contributed by atoms with E-state index in [0.717, 1.165) is 5.69 Å². The Hall–Kier alpha value is -2.34. The van der Waals surface area contributed by atoms with Crippen molar-refractivity contribution in [3.05, 3.63) is 46.7 Å². The molecule has 0 aliphatic carbocycles. The van der Waals surface area contributed by atoms with Crippen molar-refractivity contribution >= 4 is 23.5 Å². The molecule has 0 fully saturated rings. The minimum Gasteiger partial charge on any atom is -0.480 e. The van der Waals surface area contributed by atoms with Crippen LogP contribution in [0.5, 0.6) is 0 Å². The Morgan fingerprint density at radius 3 is 2.77 bits per heavy atom. The topological polar surface area (TPSA) is 84.2 Å². The van der Waals surface area contributed by atoms with Crippen molar-refractivity contribution in [3.8, 4) is 5.69 Å². The van der Waals surface area contributed by atoms with Crippen molar-refractivity contribution in [1.82, 2.24) is 15.1 Å². The maximum atomic E-state index is 12.2. The van der Waals surface area contributed by atoms with Crippen LogP contribution in [0.1, 0.15) is 29.9 Å². The molecular weight excluding hydrogens is 306 g/mol. The lowest BCUT2D eigenvalue weighted by molar-refractivity contribution is -0.138. The molecule has 6 nitrogen and oxygen atoms in total. The predicted octanol–water partition coefficient (Wildman–Crippen LogP) is 2.29. The Morgan fingerprint density at radius 1 is 1.45 bits per heavy atom. The van der Waals surface area contributed by atoms with Gasteiger partial charge in [-0.15, -0.1) is 0 Å². The molecule has 0 saturated carbocycles. The van der Waals surface area contributed by atoms with Gasteiger partial charge in [0, 0.05) is 5.02 Å². The Balaban J connectivity index is 2.35. The Bertz CT molecular complexity index is 712. The minimum absolute atomic E-state index is 0.357. The maximum absolute atomic E-state index is 12.2. The van der Waals surface area contributed by atoms with Gasteiger partial charge >= 0.3 is 5.97 Å². The molecule has 7 heteroatoms. The van der Waals surface area contributed by atoms with Crippen molar-refractivity contribution < 1.29 is 14.7 Å². The number of nitrogens with zero attached hydrogens (tertiary/aromatic N) is 2. The predicted molar refractivity (Wildman–Crippen MR) is 82.5 cm³/mol. The number of benzene rings is 1. The second-order valence-corrected chi connectivity index (χ2v) is 5.22. The summed E-state index contributed by atoms with van der Waals surface area (Å²) in [5.74, 6) is -1.55. The molecule has 2 aromatic rings. The average molecular weight is 322 g/mol. The summed E-state index contributed by atoms with van der Waals surface area (Å²) in [4.78, 5) is 23.0. The van der Waals surface area contributed by atoms with Crippen LogP contribution in [0.4, 0.5) is 0 Å². The van der Waals surface area contributed by atoms with Gasteiger partial charge in [-0.1, -0.05) is 24.6 Å². The third kappa shape index (κ3) is 3.28. The molecule has 0 aliphatic heterocycles. The molecule has 1 amide bonds. The van der Waals surface area contributed by atoms with Gasteiger partial charge in [-0.25, -0.2) is 4.68 Å². The zero-order valence-corrected chi connectivity index (χ0v) is 13.0. The van der Waals surface area contributed by atoms with Crippen molar-refractivity contribution in [2.75, 3.05) is 0 Å². The van der Waals surface area contributed by atoms with E-state index in [1.165, 1.54) is 13.1 Å². The molecule has 1 heterocycles. The quantitative estimate of drug-likeness (QED) is 0.885. The number of aliphatic carboxylic acids is 1. The number of nitrogens with one attached hydrogen (secondary N) is 1. The van der Waals surface area contributed by atoms with Crippen molar-refractivity contribution in [2.24, 2.45) is 0 Å². The second kappa shape index (κ2) is 6.62. The van der Waals surface area contributed by atoms with Gasteiger partial charge in [-0.2, -0.15) is 5.10 Å². The zero-order chi connectivity index (χ0) is 16.3. The molecular formula is C15H16ClN3O3. The van der Waals surface area contributed by atoms with Gasteiger partial charge in [0.05, 0.1) is 23.1 Å². The molecule has 1 aromatic carbocycles. The maximum Gasteiger partial charge on any atom is 0.325 e. The smallest absolute Gasteiger partial charge is 0.325 e. The van der Waals surface area contributed by atoms with Gasteiger partial charge < -0.3 is 10.4 Å². The number of hydrogen-bond acceptors (Lipinski definition) is 3. The van der Waals surface area contributed by atoms with Crippen LogP contribution in [-0.4, -0.2) is 32.8 Å². The standard InChI is InChI=1S/C15H16ClN3O3/c1-3-13-12(14(20)18-9(2)15(21)22)8-17-19(13)11-6-4-5-10(16)7-11/h4-9H,3H2,1-2H3,(H,18,20)(H,21,22)/t9-/m0/s1. The van der Waals surface area contributed by atoms with E-state index in [1.54, 1.807) is 22.9 Å². The molecule has 2 rings (SSSR count). The largest absolute Gasteiger partial charge is 0.480 e. The molecule has 1 atom stereocenters. The fraction of sp³-hybridized carbons (Fsp3) is 0.267. The third-order valence-electron chi connectivity index (χ3n) is 3.22. The highest BCUT2D eigenvalue weighted by Gasteiger charge is 2.21. The number of carboxylic acid groups (broad SMARTS) is 1. The molecule has 0 aliphatic rings. The fourth-order valence-corrected chi connectivity index (χ4v) is 2.25. The highest BCUT2D eigenvalue weighted by atomic mass is 35.5. The van der Waals surface area contributed by atoms with Crippen LogP contribution < -0.4 is 5.32 Å². The van der Waals surface area contributed by atoms with Gasteiger partial charge in [-0.05, 0) is 31.5 Å². The summed E-state index contributed by atoms with van der Waals surface area (Å²) in [6.45, 7) is 3.31. The molecule has 2 N–H and O–H groups in total. The third-order valence-corrected chi connectivity index (χ3v) is 3.45. The highest BCUT2D eigenvalue weighted by molar-refractivity contribution is 6.30. The Morgan fingerprint density at radius 2 is 2.18 bits per heavy atom. The molecule has 0 spiro atoms. The Labute approximate surface area is 132 Å². The second-order valence-electron chi connectivity index (χ2n) is 4.78. The first kappa shape index (κ1) is 16.0. The van der Waals surface area contributed by atoms with E-state index in [4.69, 9.17) is 16.7 Å². The monoisotopic (exact) mass is 321 g/mol. The lowest BCUT2D eigenvalue weighted by Crippen LogP contribution is -2.38. The Kier molecular flexibility index (Phi) is 4.82. The van der Waals surface area contributed by atoms with Crippen LogP contribution in [0.2, 0.25) is 5.02 Å². The van der Waals surface area contributed by atoms with Gasteiger partial charge in [0.1, 0.15) is 6.04 Å². The summed E-state index contributed by atoms with van der Waals surface area (Å²) in [6, 6.07) is 6.16. The number of carbonyl (C=O) groups excluding carboxylic acids is 1. The van der Waals surface area contributed by atoms with E-state index >= 15 is 0 Å². The molecule has 0 bridgehead atoms. The number of aromatic nitrogens is 2. The summed E-state index contributed by atoms with van der Waals surface area (Å²) in [5.41, 5.74) is 1.79. The van der Waals surface area contributed by atoms with Gasteiger partial charge in [0.2, 0.25) is 0 Å². The van der Waals surface area contributed by atoms with Crippen LogP contribution in [-0.2, 0) is 11.2 Å². The molecule has 0 saturated heterocycles. The van der Waals surface area contributed by atoms with Crippen LogP contribution in [0, 0.1) is 0 Å². The summed E-state index contributed by atoms with van der Waals surface area (Å²) < 4.78 is 1.63. The number of halogens is 1. The van der Waals surface area contributed by atoms with Crippen molar-refractivity contribution in [2.45, 2.75) is 26.3 Å². The first-order valence-electron chi connectivity index (χ1n) is 6.80. The SMILES string of the molecule is CCc1c(C(=O)N[C@@H](C)C(=O)O)cnn1-c1cccc(Cl)c1. The summed E-state index contributed by atoms with van der Waals surface area (Å²) in [6.07, 6.45) is 2.00. The van der Waals surface area contributed by atoms with Crippen LogP contribution in [0.25, 0.3) is 5.69 Å². The summed E-state index contributed by atoms with van der Waals surface area (Å²) in [5, 5.41) is 16.1. The van der Waals surface area contributed by atoms with Gasteiger partial charge in [-0.3, -0.25) is 9.59 Å². The normalized spacial score (nSPS) is 12.0. The number of carboxylic acids is 1. The first-order valence-corrected chi connectivity index (χ1v) is 7.18. The lowest BCUT2D eigenvalue weighted by atomic mass is 10.1. The van der Waals surface area contributed by atoms with Gasteiger partial charge in [0.25, 0.3) is 5.91 Å². The molecule has 22 heavy (non-hydrogen) atoms. The molecule has 0 radical (unpaired) electrons. The molecule has 116 valence electrons. The average Bonchev–Trinajstić information content (AvgIpc) is 2.90. The van der Waals surface area contributed by atoms with E-state index in [0.29, 0.717) is 22.7 Å². The fourth-order valence-electron chi connectivity index (χ4n) is 2.07.